The summed E-state index contributed by atoms with van der Waals surface area (Å²) in [6.07, 6.45) is 1.40. The van der Waals surface area contributed by atoms with Gasteiger partial charge in [0.2, 0.25) is 11.8 Å². The fourth-order valence-electron chi connectivity index (χ4n) is 3.60. The number of carbonyl (C=O) groups is 2. The summed E-state index contributed by atoms with van der Waals surface area (Å²) in [4.78, 5) is 26.7. The molecule has 2 aliphatic rings. The molecule has 22 heavy (non-hydrogen) atoms. The third kappa shape index (κ3) is 1.82. The second kappa shape index (κ2) is 4.80. The highest BCUT2D eigenvalue weighted by Gasteiger charge is 2.72. The minimum absolute atomic E-state index is 0.00443. The minimum atomic E-state index is -0.560. The number of benzene rings is 2. The molecule has 2 aromatic rings. The molecule has 2 aromatic carbocycles. The van der Waals surface area contributed by atoms with Gasteiger partial charge in [-0.15, -0.1) is 0 Å². The highest BCUT2D eigenvalue weighted by Crippen LogP contribution is 2.60. The molecule has 3 nitrogen and oxygen atoms in total. The Balaban J connectivity index is 1.55. The Morgan fingerprint density at radius 2 is 1.59 bits per heavy atom. The maximum Gasteiger partial charge on any atom is 0.240 e. The van der Waals surface area contributed by atoms with Crippen LogP contribution in [0.3, 0.4) is 0 Å². The molecule has 0 bridgehead atoms. The molecule has 0 N–H and O–H groups in total. The van der Waals surface area contributed by atoms with Crippen molar-refractivity contribution in [2.45, 2.75) is 18.3 Å². The number of imide groups is 1. The SMILES string of the molecule is O=C1C2CC2(c2ccccc2)C(=O)N1CCc1ccccc1. The molecule has 1 aliphatic heterocycles. The number of fused-ring (bicyclic) bond motifs is 1. The first-order valence-electron chi connectivity index (χ1n) is 7.69. The van der Waals surface area contributed by atoms with Crippen LogP contribution in [0.4, 0.5) is 0 Å². The van der Waals surface area contributed by atoms with Crippen LogP contribution >= 0.6 is 0 Å². The van der Waals surface area contributed by atoms with Gasteiger partial charge in [-0.3, -0.25) is 14.5 Å². The highest BCUT2D eigenvalue weighted by atomic mass is 16.2. The Morgan fingerprint density at radius 3 is 2.27 bits per heavy atom. The average molecular weight is 291 g/mol. The van der Waals surface area contributed by atoms with Crippen LogP contribution in [0.1, 0.15) is 17.5 Å². The van der Waals surface area contributed by atoms with Crippen LogP contribution in [-0.2, 0) is 21.4 Å². The standard InChI is InChI=1S/C19H17NO2/c21-17-16-13-19(16,15-9-5-2-6-10-15)18(22)20(17)12-11-14-7-3-1-4-8-14/h1-10,16H,11-13H2. The van der Waals surface area contributed by atoms with E-state index in [4.69, 9.17) is 0 Å². The molecule has 1 aliphatic carbocycles. The lowest BCUT2D eigenvalue weighted by molar-refractivity contribution is -0.141. The molecule has 1 heterocycles. The van der Waals surface area contributed by atoms with E-state index in [1.54, 1.807) is 0 Å². The Labute approximate surface area is 129 Å². The van der Waals surface area contributed by atoms with Crippen LogP contribution in [0.15, 0.2) is 60.7 Å². The summed E-state index contributed by atoms with van der Waals surface area (Å²) in [6.45, 7) is 0.479. The maximum atomic E-state index is 12.8. The van der Waals surface area contributed by atoms with E-state index in [9.17, 15) is 9.59 Å². The fourth-order valence-corrected chi connectivity index (χ4v) is 3.60. The van der Waals surface area contributed by atoms with E-state index in [2.05, 4.69) is 0 Å². The number of likely N-dealkylation sites (tertiary alicyclic amines) is 1. The Bertz CT molecular complexity index is 726. The lowest BCUT2D eigenvalue weighted by Crippen LogP contribution is -2.37. The molecule has 1 saturated heterocycles. The van der Waals surface area contributed by atoms with E-state index in [0.717, 1.165) is 17.5 Å². The van der Waals surface area contributed by atoms with Crippen LogP contribution in [-0.4, -0.2) is 23.3 Å². The number of piperidine rings is 1. The first-order valence-corrected chi connectivity index (χ1v) is 7.69. The van der Waals surface area contributed by atoms with Crippen LogP contribution in [0.2, 0.25) is 0 Å². The van der Waals surface area contributed by atoms with Gasteiger partial charge in [-0.1, -0.05) is 60.7 Å². The van der Waals surface area contributed by atoms with Crippen molar-refractivity contribution in [1.82, 2.24) is 4.90 Å². The zero-order valence-electron chi connectivity index (χ0n) is 12.2. The second-order valence-corrected chi connectivity index (χ2v) is 6.12. The Kier molecular flexibility index (Phi) is 2.89. The van der Waals surface area contributed by atoms with Gasteiger partial charge in [0, 0.05) is 6.54 Å². The third-order valence-electron chi connectivity index (χ3n) is 4.91. The highest BCUT2D eigenvalue weighted by molar-refractivity contribution is 6.15. The number of hydrogen-bond acceptors (Lipinski definition) is 2. The number of carbonyl (C=O) groups excluding carboxylic acids is 2. The molecule has 110 valence electrons. The largest absolute Gasteiger partial charge is 0.281 e. The number of rotatable bonds is 4. The predicted octanol–water partition coefficient (Wildman–Crippen LogP) is 2.56. The van der Waals surface area contributed by atoms with E-state index in [0.29, 0.717) is 13.0 Å². The van der Waals surface area contributed by atoms with Gasteiger partial charge in [0.15, 0.2) is 0 Å². The van der Waals surface area contributed by atoms with Crippen LogP contribution in [0, 0.1) is 5.92 Å². The van der Waals surface area contributed by atoms with Gasteiger partial charge in [0.25, 0.3) is 0 Å². The molecule has 2 atom stereocenters. The monoisotopic (exact) mass is 291 g/mol. The molecule has 4 rings (SSSR count). The van der Waals surface area contributed by atoms with Crippen LogP contribution in [0.25, 0.3) is 0 Å². The van der Waals surface area contributed by atoms with Crippen LogP contribution in [0.5, 0.6) is 0 Å². The first-order chi connectivity index (χ1) is 10.7. The van der Waals surface area contributed by atoms with Gasteiger partial charge >= 0.3 is 0 Å². The van der Waals surface area contributed by atoms with E-state index in [-0.39, 0.29) is 17.7 Å². The number of amides is 2. The molecule has 0 aromatic heterocycles. The zero-order valence-corrected chi connectivity index (χ0v) is 12.2. The van der Waals surface area contributed by atoms with Gasteiger partial charge in [0.1, 0.15) is 0 Å². The molecule has 2 amide bonds. The van der Waals surface area contributed by atoms with E-state index in [1.165, 1.54) is 4.90 Å². The summed E-state index contributed by atoms with van der Waals surface area (Å²) < 4.78 is 0. The van der Waals surface area contributed by atoms with E-state index in [1.807, 2.05) is 60.7 Å². The molecular weight excluding hydrogens is 274 g/mol. The van der Waals surface area contributed by atoms with Crippen LogP contribution < -0.4 is 0 Å². The quantitative estimate of drug-likeness (QED) is 0.812. The van der Waals surface area contributed by atoms with Crippen molar-refractivity contribution >= 4 is 11.8 Å². The van der Waals surface area contributed by atoms with Crippen molar-refractivity contribution in [3.8, 4) is 0 Å². The Hall–Kier alpha value is -2.42. The molecule has 3 heteroatoms. The molecule has 0 radical (unpaired) electrons. The van der Waals surface area contributed by atoms with Gasteiger partial charge in [-0.2, -0.15) is 0 Å². The lowest BCUT2D eigenvalue weighted by Gasteiger charge is -2.19. The summed E-state index contributed by atoms with van der Waals surface area (Å²) >= 11 is 0. The second-order valence-electron chi connectivity index (χ2n) is 6.12. The van der Waals surface area contributed by atoms with E-state index < -0.39 is 5.41 Å². The first kappa shape index (κ1) is 13.3. The summed E-state index contributed by atoms with van der Waals surface area (Å²) in [6, 6.07) is 19.7. The molecule has 0 spiro atoms. The van der Waals surface area contributed by atoms with Crippen molar-refractivity contribution in [3.05, 3.63) is 71.8 Å². The Morgan fingerprint density at radius 1 is 0.955 bits per heavy atom. The van der Waals surface area contributed by atoms with Gasteiger partial charge < -0.3 is 0 Å². The lowest BCUT2D eigenvalue weighted by atomic mass is 9.94. The maximum absolute atomic E-state index is 12.8. The summed E-state index contributed by atoms with van der Waals surface area (Å²) in [7, 11) is 0. The smallest absolute Gasteiger partial charge is 0.240 e. The van der Waals surface area contributed by atoms with Gasteiger partial charge in [-0.05, 0) is 24.0 Å². The third-order valence-corrected chi connectivity index (χ3v) is 4.91. The van der Waals surface area contributed by atoms with Crippen molar-refractivity contribution in [3.63, 3.8) is 0 Å². The molecule has 2 fully saturated rings. The van der Waals surface area contributed by atoms with Gasteiger partial charge in [-0.25, -0.2) is 0 Å². The van der Waals surface area contributed by atoms with Crippen molar-refractivity contribution < 1.29 is 9.59 Å². The van der Waals surface area contributed by atoms with Crippen molar-refractivity contribution in [1.29, 1.82) is 0 Å². The fraction of sp³-hybridized carbons (Fsp3) is 0.263. The molecule has 2 unspecified atom stereocenters. The summed E-state index contributed by atoms with van der Waals surface area (Å²) in [5, 5.41) is 0. The topological polar surface area (TPSA) is 37.4 Å². The summed E-state index contributed by atoms with van der Waals surface area (Å²) in [5.41, 5.74) is 1.58. The summed E-state index contributed by atoms with van der Waals surface area (Å²) in [5.74, 6) is -0.146. The number of hydrogen-bond donors (Lipinski definition) is 0. The average Bonchev–Trinajstić information content (AvgIpc) is 3.29. The number of nitrogens with zero attached hydrogens (tertiary/aromatic N) is 1. The zero-order chi connectivity index (χ0) is 15.2. The molecular formula is C19H17NO2. The minimum Gasteiger partial charge on any atom is -0.281 e. The van der Waals surface area contributed by atoms with Crippen molar-refractivity contribution in [2.75, 3.05) is 6.54 Å². The van der Waals surface area contributed by atoms with Crippen molar-refractivity contribution in [2.24, 2.45) is 5.92 Å². The normalized spacial score (nSPS) is 26.2. The van der Waals surface area contributed by atoms with Gasteiger partial charge in [0.05, 0.1) is 11.3 Å². The van der Waals surface area contributed by atoms with E-state index >= 15 is 0 Å². The predicted molar refractivity (Wildman–Crippen MR) is 83.1 cm³/mol. The molecule has 1 saturated carbocycles.